The number of benzene rings is 1. The van der Waals surface area contributed by atoms with Gasteiger partial charge in [0.15, 0.2) is 0 Å². The van der Waals surface area contributed by atoms with E-state index < -0.39 is 24.3 Å². The lowest BCUT2D eigenvalue weighted by atomic mass is 10.1. The van der Waals surface area contributed by atoms with Crippen molar-refractivity contribution in [3.8, 4) is 0 Å². The van der Waals surface area contributed by atoms with Gasteiger partial charge in [-0.3, -0.25) is 14.4 Å². The lowest BCUT2D eigenvalue weighted by Crippen LogP contribution is -2.40. The van der Waals surface area contributed by atoms with Gasteiger partial charge in [0.25, 0.3) is 5.91 Å². The van der Waals surface area contributed by atoms with Crippen LogP contribution in [0.25, 0.3) is 0 Å². The van der Waals surface area contributed by atoms with E-state index in [2.05, 4.69) is 45.2 Å². The summed E-state index contributed by atoms with van der Waals surface area (Å²) < 4.78 is 65.2. The van der Waals surface area contributed by atoms with Crippen LogP contribution >= 0.6 is 0 Å². The minimum atomic E-state index is -5.08. The van der Waals surface area contributed by atoms with Crippen LogP contribution in [0.15, 0.2) is 42.7 Å². The lowest BCUT2D eigenvalue weighted by molar-refractivity contribution is -0.193. The van der Waals surface area contributed by atoms with E-state index in [4.69, 9.17) is 19.8 Å². The number of carbonyl (C=O) groups excluding carboxylic acids is 1. The number of hydrogen-bond donors (Lipinski definition) is 2. The van der Waals surface area contributed by atoms with Gasteiger partial charge in [-0.1, -0.05) is 30.3 Å². The third kappa shape index (κ3) is 8.75. The maximum Gasteiger partial charge on any atom is 0.490 e. The van der Waals surface area contributed by atoms with Gasteiger partial charge in [0.1, 0.15) is 0 Å². The number of hydrogen-bond acceptors (Lipinski definition) is 5. The quantitative estimate of drug-likeness (QED) is 0.560. The van der Waals surface area contributed by atoms with E-state index in [1.807, 2.05) is 13.2 Å². The van der Waals surface area contributed by atoms with Crippen molar-refractivity contribution in [2.45, 2.75) is 43.7 Å². The predicted octanol–water partition coefficient (Wildman–Crippen LogP) is 3.22. The van der Waals surface area contributed by atoms with Crippen molar-refractivity contribution in [2.24, 2.45) is 7.05 Å². The second-order valence-electron chi connectivity index (χ2n) is 8.49. The van der Waals surface area contributed by atoms with Crippen LogP contribution in [-0.4, -0.2) is 91.7 Å². The summed E-state index contributed by atoms with van der Waals surface area (Å²) >= 11 is 0. The van der Waals surface area contributed by atoms with Crippen LogP contribution in [0, 0.1) is 0 Å². The second kappa shape index (κ2) is 12.8. The minimum Gasteiger partial charge on any atom is -0.475 e. The zero-order valence-corrected chi connectivity index (χ0v) is 20.1. The Morgan fingerprint density at radius 2 is 1.45 bits per heavy atom. The van der Waals surface area contributed by atoms with Crippen molar-refractivity contribution >= 4 is 17.8 Å². The fourth-order valence-electron chi connectivity index (χ4n) is 4.22. The average Bonchev–Trinajstić information content (AvgIpc) is 3.54. The Morgan fingerprint density at radius 1 is 0.921 bits per heavy atom. The molecule has 15 heteroatoms. The van der Waals surface area contributed by atoms with Crippen LogP contribution in [-0.2, 0) is 23.1 Å². The van der Waals surface area contributed by atoms with E-state index >= 15 is 0 Å². The number of nitrogens with zero attached hydrogens (tertiary/aromatic N) is 4. The number of amides is 1. The predicted molar refractivity (Wildman–Crippen MR) is 120 cm³/mol. The molecule has 4 rings (SSSR count). The Labute approximate surface area is 213 Å². The Kier molecular flexibility index (Phi) is 10.3. The summed E-state index contributed by atoms with van der Waals surface area (Å²) in [5.41, 5.74) is 2.10. The molecule has 3 heterocycles. The van der Waals surface area contributed by atoms with Crippen molar-refractivity contribution in [3.05, 3.63) is 53.9 Å². The third-order valence-electron chi connectivity index (χ3n) is 5.92. The number of carboxylic acids is 2. The molecule has 1 aromatic carbocycles. The number of carboxylic acid groups (broad SMARTS) is 2. The molecule has 2 aliphatic heterocycles. The molecule has 2 saturated heterocycles. The first kappa shape index (κ1) is 30.6. The molecule has 2 atom stereocenters. The maximum atomic E-state index is 12.7. The highest BCUT2D eigenvalue weighted by atomic mass is 19.4. The molecule has 0 bridgehead atoms. The topological polar surface area (TPSA) is 116 Å². The van der Waals surface area contributed by atoms with Crippen LogP contribution < -0.4 is 0 Å². The molecule has 0 saturated carbocycles. The molecular formula is C23H26F6N4O5. The monoisotopic (exact) mass is 552 g/mol. The molecule has 2 fully saturated rings. The average molecular weight is 552 g/mol. The molecule has 38 heavy (non-hydrogen) atoms. The van der Waals surface area contributed by atoms with Crippen molar-refractivity contribution in [3.63, 3.8) is 0 Å². The van der Waals surface area contributed by atoms with Gasteiger partial charge in [-0.25, -0.2) is 9.59 Å². The van der Waals surface area contributed by atoms with E-state index in [9.17, 15) is 31.1 Å². The smallest absolute Gasteiger partial charge is 0.475 e. The molecule has 1 amide bonds. The molecule has 9 nitrogen and oxygen atoms in total. The van der Waals surface area contributed by atoms with Gasteiger partial charge in [-0.15, -0.1) is 0 Å². The summed E-state index contributed by atoms with van der Waals surface area (Å²) in [6.07, 6.45) is -3.41. The zero-order valence-electron chi connectivity index (χ0n) is 20.1. The molecule has 2 aromatic rings. The zero-order chi connectivity index (χ0) is 28.7. The van der Waals surface area contributed by atoms with Gasteiger partial charge in [-0.05, 0) is 24.8 Å². The van der Waals surface area contributed by atoms with Crippen molar-refractivity contribution in [1.82, 2.24) is 19.6 Å². The first-order chi connectivity index (χ1) is 17.6. The summed E-state index contributed by atoms with van der Waals surface area (Å²) in [7, 11) is 1.85. The Bertz CT molecular complexity index is 1070. The SMILES string of the molecule is Cn1cc(C(=O)N2CC[C@@H]3[C@@H]2CCN3CCc2ccccc2)cn1.O=C(O)C(F)(F)F.O=C(O)C(F)(F)F. The third-order valence-corrected chi connectivity index (χ3v) is 5.92. The largest absolute Gasteiger partial charge is 0.490 e. The van der Waals surface area contributed by atoms with Gasteiger partial charge >= 0.3 is 24.3 Å². The van der Waals surface area contributed by atoms with Gasteiger partial charge in [0.2, 0.25) is 0 Å². The number of aryl methyl sites for hydroxylation is 1. The Morgan fingerprint density at radius 3 is 1.92 bits per heavy atom. The van der Waals surface area contributed by atoms with Crippen LogP contribution in [0.5, 0.6) is 0 Å². The summed E-state index contributed by atoms with van der Waals surface area (Å²) in [6, 6.07) is 11.6. The first-order valence-electron chi connectivity index (χ1n) is 11.3. The Balaban J connectivity index is 0.000000301. The summed E-state index contributed by atoms with van der Waals surface area (Å²) in [6.45, 7) is 3.05. The number of aromatic nitrogens is 2. The number of alkyl halides is 6. The van der Waals surface area contributed by atoms with Gasteiger partial charge in [0.05, 0.1) is 11.8 Å². The van der Waals surface area contributed by atoms with Gasteiger partial charge < -0.3 is 15.1 Å². The molecule has 0 aliphatic carbocycles. The highest BCUT2D eigenvalue weighted by Crippen LogP contribution is 2.32. The summed E-state index contributed by atoms with van der Waals surface area (Å²) in [4.78, 5) is 35.2. The van der Waals surface area contributed by atoms with Crippen LogP contribution in [0.4, 0.5) is 26.3 Å². The normalized spacial score (nSPS) is 19.1. The lowest BCUT2D eigenvalue weighted by Gasteiger charge is -2.25. The van der Waals surface area contributed by atoms with Crippen molar-refractivity contribution in [2.75, 3.05) is 19.6 Å². The van der Waals surface area contributed by atoms with Crippen LogP contribution in [0.2, 0.25) is 0 Å². The number of rotatable bonds is 4. The molecule has 2 N–H and O–H groups in total. The van der Waals surface area contributed by atoms with Crippen molar-refractivity contribution < 1.29 is 50.9 Å². The molecule has 2 aliphatic rings. The number of carbonyl (C=O) groups is 3. The molecule has 0 radical (unpaired) electrons. The molecular weight excluding hydrogens is 526 g/mol. The minimum absolute atomic E-state index is 0.139. The van der Waals surface area contributed by atoms with Crippen LogP contribution in [0.3, 0.4) is 0 Å². The summed E-state index contributed by atoms with van der Waals surface area (Å²) in [5.74, 6) is -5.37. The van der Waals surface area contributed by atoms with Crippen LogP contribution in [0.1, 0.15) is 28.8 Å². The molecule has 0 unspecified atom stereocenters. The molecule has 210 valence electrons. The van der Waals surface area contributed by atoms with E-state index in [0.717, 1.165) is 38.9 Å². The number of halogens is 6. The number of likely N-dealkylation sites (tertiary alicyclic amines) is 2. The van der Waals surface area contributed by atoms with E-state index in [0.29, 0.717) is 17.6 Å². The highest BCUT2D eigenvalue weighted by Gasteiger charge is 2.44. The standard InChI is InChI=1S/C19H24N4O.2C2HF3O2/c1-21-14-16(13-20-21)19(24)23-12-9-17-18(23)8-11-22(17)10-7-15-5-3-2-4-6-15;2*3-2(4,5)1(6)7/h2-6,13-14,17-18H,7-12H2,1H3;2*(H,6,7)/t17-,18+;;/m1../s1. The van der Waals surface area contributed by atoms with E-state index in [1.165, 1.54) is 5.56 Å². The van der Waals surface area contributed by atoms with Crippen molar-refractivity contribution in [1.29, 1.82) is 0 Å². The summed E-state index contributed by atoms with van der Waals surface area (Å²) in [5, 5.41) is 18.4. The first-order valence-corrected chi connectivity index (χ1v) is 11.3. The number of fused-ring (bicyclic) bond motifs is 1. The fourth-order valence-corrected chi connectivity index (χ4v) is 4.22. The van der Waals surface area contributed by atoms with E-state index in [1.54, 1.807) is 10.9 Å². The van der Waals surface area contributed by atoms with Gasteiger partial charge in [0, 0.05) is 45.0 Å². The number of aliphatic carboxylic acids is 2. The Hall–Kier alpha value is -3.62. The molecule has 0 spiro atoms. The highest BCUT2D eigenvalue weighted by molar-refractivity contribution is 5.94. The molecule has 1 aromatic heterocycles. The van der Waals surface area contributed by atoms with E-state index in [-0.39, 0.29) is 5.91 Å². The second-order valence-corrected chi connectivity index (χ2v) is 8.49. The van der Waals surface area contributed by atoms with Gasteiger partial charge in [-0.2, -0.15) is 31.4 Å². The maximum absolute atomic E-state index is 12.7. The fraction of sp³-hybridized carbons (Fsp3) is 0.478.